The topological polar surface area (TPSA) is 72.3 Å². The summed E-state index contributed by atoms with van der Waals surface area (Å²) in [5, 5.41) is 14.0. The number of aromatic nitrogens is 2. The van der Waals surface area contributed by atoms with Crippen LogP contribution < -0.4 is 0 Å². The molecular weight excluding hydrogens is 1020 g/mol. The molecule has 1 N–H and O–H groups in total. The molecule has 7 aromatic carbocycles. The molecular formula is C62H57N2O3Pt-. The molecule has 0 fully saturated rings. The smallest absolute Gasteiger partial charge is 0.230 e. The van der Waals surface area contributed by atoms with Gasteiger partial charge in [0.2, 0.25) is 5.89 Å². The zero-order valence-corrected chi connectivity index (χ0v) is 42.8. The Morgan fingerprint density at radius 1 is 0.559 bits per heavy atom. The van der Waals surface area contributed by atoms with E-state index in [1.807, 2.05) is 42.6 Å². The molecule has 0 unspecified atom stereocenters. The van der Waals surface area contributed by atoms with Crippen LogP contribution in [-0.4, -0.2) is 15.1 Å². The van der Waals surface area contributed by atoms with E-state index in [1.54, 1.807) is 0 Å². The molecule has 5 nitrogen and oxygen atoms in total. The molecule has 0 aliphatic carbocycles. The maximum Gasteiger partial charge on any atom is 0.230 e. The van der Waals surface area contributed by atoms with Crippen LogP contribution in [0.4, 0.5) is 0 Å². The molecule has 0 aliphatic rings. The Kier molecular flexibility index (Phi) is 12.2. The molecule has 10 aromatic rings. The van der Waals surface area contributed by atoms with Gasteiger partial charge in [-0.1, -0.05) is 190 Å². The second kappa shape index (κ2) is 17.8. The van der Waals surface area contributed by atoms with Crippen LogP contribution in [0.25, 0.3) is 100 Å². The third kappa shape index (κ3) is 8.40. The van der Waals surface area contributed by atoms with Crippen molar-refractivity contribution in [3.8, 4) is 73.0 Å². The fourth-order valence-corrected chi connectivity index (χ4v) is 9.52. The van der Waals surface area contributed by atoms with E-state index in [-0.39, 0.29) is 49.5 Å². The first-order chi connectivity index (χ1) is 32.0. The Labute approximate surface area is 414 Å². The Hall–Kier alpha value is -6.55. The van der Waals surface area contributed by atoms with Gasteiger partial charge in [0.1, 0.15) is 16.9 Å². The van der Waals surface area contributed by atoms with Crippen LogP contribution in [0.2, 0.25) is 0 Å². The monoisotopic (exact) mass is 1070 g/mol. The van der Waals surface area contributed by atoms with E-state index in [0.717, 1.165) is 61.2 Å². The van der Waals surface area contributed by atoms with Crippen molar-refractivity contribution in [1.29, 1.82) is 0 Å². The van der Waals surface area contributed by atoms with Crippen LogP contribution in [0.3, 0.4) is 0 Å². The first kappa shape index (κ1) is 46.6. The minimum Gasteiger partial charge on any atom is -0.506 e. The maximum absolute atomic E-state index is 12.5. The number of nitrogens with zero attached hydrogens (tertiary/aromatic N) is 2. The van der Waals surface area contributed by atoms with Crippen LogP contribution >= 0.6 is 0 Å². The van der Waals surface area contributed by atoms with Gasteiger partial charge < -0.3 is 13.9 Å². The van der Waals surface area contributed by atoms with Crippen molar-refractivity contribution < 1.29 is 35.0 Å². The number of hydrogen-bond acceptors (Lipinski definition) is 5. The van der Waals surface area contributed by atoms with E-state index < -0.39 is 0 Å². The third-order valence-electron chi connectivity index (χ3n) is 13.2. The molecule has 0 saturated carbocycles. The summed E-state index contributed by atoms with van der Waals surface area (Å²) in [6.07, 6.45) is 1.88. The van der Waals surface area contributed by atoms with Gasteiger partial charge in [0.25, 0.3) is 0 Å². The van der Waals surface area contributed by atoms with Gasteiger partial charge >= 0.3 is 0 Å². The van der Waals surface area contributed by atoms with Gasteiger partial charge in [-0.2, -0.15) is 0 Å². The Bertz CT molecular complexity index is 3460. The first-order valence-electron chi connectivity index (χ1n) is 23.5. The number of benzene rings is 7. The molecule has 3 heterocycles. The predicted octanol–water partition coefficient (Wildman–Crippen LogP) is 17.5. The summed E-state index contributed by atoms with van der Waals surface area (Å²) >= 11 is 0. The average Bonchev–Trinajstić information content (AvgIpc) is 3.94. The van der Waals surface area contributed by atoms with E-state index >= 15 is 0 Å². The second-order valence-corrected chi connectivity index (χ2v) is 20.7. The van der Waals surface area contributed by atoms with Crippen molar-refractivity contribution >= 4 is 33.0 Å². The summed E-state index contributed by atoms with van der Waals surface area (Å²) in [6.45, 7) is 22.3. The largest absolute Gasteiger partial charge is 0.506 e. The summed E-state index contributed by atoms with van der Waals surface area (Å²) in [5.74, 6) is 0.804. The van der Waals surface area contributed by atoms with Crippen molar-refractivity contribution in [2.24, 2.45) is 0 Å². The van der Waals surface area contributed by atoms with Crippen LogP contribution in [0, 0.1) is 6.07 Å². The normalized spacial score (nSPS) is 12.2. The summed E-state index contributed by atoms with van der Waals surface area (Å²) in [5.41, 5.74) is 17.5. The van der Waals surface area contributed by atoms with Crippen LogP contribution in [0.5, 0.6) is 5.75 Å². The molecule has 344 valence electrons. The molecule has 0 radical (unpaired) electrons. The van der Waals surface area contributed by atoms with Crippen LogP contribution in [0.1, 0.15) is 103 Å². The zero-order chi connectivity index (χ0) is 46.9. The minimum absolute atomic E-state index is 0. The van der Waals surface area contributed by atoms with Gasteiger partial charge in [-0.25, -0.2) is 4.98 Å². The minimum atomic E-state index is -0.333. The average molecular weight is 1070 g/mol. The SMILES string of the molecule is CC(C)c1cc(-c2ccccc2)cc(C(C)C)c1-c1ccc(-c2[c-]c(-c3cc(-c4ccccc4)ccn3)cc(C(C)(C)C)c2)c2nc(-c3cc(C(C)(C)C)c4oc5ccccc5c4c3O)oc12.[Pt]. The van der Waals surface area contributed by atoms with Gasteiger partial charge in [0.15, 0.2) is 5.58 Å². The van der Waals surface area contributed by atoms with Crippen LogP contribution in [0.15, 0.2) is 155 Å². The van der Waals surface area contributed by atoms with Gasteiger partial charge in [-0.3, -0.25) is 4.98 Å². The number of pyridine rings is 1. The van der Waals surface area contributed by atoms with Crippen molar-refractivity contribution in [3.05, 3.63) is 174 Å². The number of fused-ring (bicyclic) bond motifs is 4. The molecule has 0 saturated heterocycles. The van der Waals surface area contributed by atoms with E-state index in [1.165, 1.54) is 22.3 Å². The summed E-state index contributed by atoms with van der Waals surface area (Å²) < 4.78 is 13.7. The number of phenols is 1. The second-order valence-electron chi connectivity index (χ2n) is 20.7. The molecule has 0 bridgehead atoms. The Balaban J connectivity index is 0.00000578. The number of aromatic hydroxyl groups is 1. The first-order valence-corrected chi connectivity index (χ1v) is 23.5. The van der Waals surface area contributed by atoms with E-state index in [9.17, 15) is 5.11 Å². The van der Waals surface area contributed by atoms with Crippen LogP contribution in [-0.2, 0) is 31.9 Å². The summed E-state index contributed by atoms with van der Waals surface area (Å²) in [6, 6.07) is 52.5. The molecule has 10 rings (SSSR count). The van der Waals surface area contributed by atoms with Gasteiger partial charge in [0, 0.05) is 49.5 Å². The quantitative estimate of drug-likeness (QED) is 0.154. The number of rotatable bonds is 8. The van der Waals surface area contributed by atoms with Crippen molar-refractivity contribution in [2.45, 2.75) is 91.9 Å². The number of oxazole rings is 1. The molecule has 0 spiro atoms. The molecule has 0 atom stereocenters. The number of hydrogen-bond donors (Lipinski definition) is 1. The van der Waals surface area contributed by atoms with Gasteiger partial charge in [0.05, 0.1) is 16.5 Å². The molecule has 68 heavy (non-hydrogen) atoms. The van der Waals surface area contributed by atoms with Crippen molar-refractivity contribution in [1.82, 2.24) is 9.97 Å². The Morgan fingerprint density at radius 3 is 1.79 bits per heavy atom. The summed E-state index contributed by atoms with van der Waals surface area (Å²) in [4.78, 5) is 10.4. The predicted molar refractivity (Wildman–Crippen MR) is 278 cm³/mol. The third-order valence-corrected chi connectivity index (χ3v) is 13.2. The Morgan fingerprint density at radius 2 is 1.16 bits per heavy atom. The fourth-order valence-electron chi connectivity index (χ4n) is 9.52. The number of para-hydroxylation sites is 1. The zero-order valence-electron chi connectivity index (χ0n) is 40.5. The van der Waals surface area contributed by atoms with Crippen molar-refractivity contribution in [2.75, 3.05) is 0 Å². The molecule has 0 aliphatic heterocycles. The van der Waals surface area contributed by atoms with Crippen molar-refractivity contribution in [3.63, 3.8) is 0 Å². The molecule has 3 aromatic heterocycles. The van der Waals surface area contributed by atoms with E-state index in [0.29, 0.717) is 39.1 Å². The number of furan rings is 1. The molecule has 6 heteroatoms. The summed E-state index contributed by atoms with van der Waals surface area (Å²) in [7, 11) is 0. The van der Waals surface area contributed by atoms with E-state index in [2.05, 4.69) is 178 Å². The maximum atomic E-state index is 12.5. The van der Waals surface area contributed by atoms with Gasteiger partial charge in [-0.05, 0) is 79.8 Å². The number of phenolic OH excluding ortho intramolecular Hbond substituents is 1. The van der Waals surface area contributed by atoms with Gasteiger partial charge in [-0.15, -0.1) is 29.3 Å². The fraction of sp³-hybridized carbons (Fsp3) is 0.226. The van der Waals surface area contributed by atoms with E-state index in [4.69, 9.17) is 18.8 Å². The molecule has 0 amide bonds. The standard InChI is InChI=1S/C62H57N2O3.Pt/c1-36(2)48-32-41(39-21-15-12-16-22-39)33-49(37(3)4)54(48)47-26-25-45(42-29-43(31-44(30-42)61(5,6)7)52-34-40(27-28-63-52)38-19-13-11-14-20-38)56-58(47)67-60(64-56)50-35-51(62(8,9)10)59-55(57(50)65)46-23-17-18-24-53(46)66-59;/h11-28,30-37,65H,1-10H3;/q-1;.